The van der Waals surface area contributed by atoms with Gasteiger partial charge in [-0.25, -0.2) is 4.98 Å². The number of imidazole rings is 1. The first-order chi connectivity index (χ1) is 8.63. The molecule has 1 saturated heterocycles. The Bertz CT molecular complexity index is 365. The minimum absolute atomic E-state index is 0.306. The molecule has 0 amide bonds. The number of nitrogens with two attached hydrogens (primary N) is 1. The predicted molar refractivity (Wildman–Crippen MR) is 73.3 cm³/mol. The maximum Gasteiger partial charge on any atom is 0.0946 e. The molecule has 0 bridgehead atoms. The van der Waals surface area contributed by atoms with E-state index in [1.54, 1.807) is 0 Å². The number of hydrogen-bond donors (Lipinski definition) is 1. The summed E-state index contributed by atoms with van der Waals surface area (Å²) < 4.78 is 2.08. The van der Waals surface area contributed by atoms with Gasteiger partial charge in [-0.1, -0.05) is 0 Å². The Balaban J connectivity index is 2.01. The molecule has 2 N–H and O–H groups in total. The topological polar surface area (TPSA) is 50.3 Å². The van der Waals surface area contributed by atoms with Gasteiger partial charge in [0.25, 0.3) is 0 Å². The van der Waals surface area contributed by atoms with Gasteiger partial charge in [-0.3, -0.25) is 4.90 Å². The molecule has 1 atom stereocenters. The third kappa shape index (κ3) is 2.74. The average molecular weight is 251 g/mol. The molecule has 1 aliphatic rings. The summed E-state index contributed by atoms with van der Waals surface area (Å²) in [5.41, 5.74) is 7.19. The van der Waals surface area contributed by atoms with E-state index >= 15 is 0 Å². The molecular weight excluding hydrogens is 226 g/mol. The van der Waals surface area contributed by atoms with Gasteiger partial charge in [-0.05, 0) is 26.9 Å². The van der Waals surface area contributed by atoms with Crippen LogP contribution in [0.25, 0.3) is 0 Å². The van der Waals surface area contributed by atoms with E-state index in [2.05, 4.69) is 33.4 Å². The summed E-state index contributed by atoms with van der Waals surface area (Å²) in [5, 5.41) is 0. The Morgan fingerprint density at radius 3 is 2.56 bits per heavy atom. The first-order valence-electron chi connectivity index (χ1n) is 6.70. The molecule has 2 rings (SSSR count). The summed E-state index contributed by atoms with van der Waals surface area (Å²) >= 11 is 0. The smallest absolute Gasteiger partial charge is 0.0946 e. The second-order valence-electron chi connectivity index (χ2n) is 5.41. The highest BCUT2D eigenvalue weighted by Crippen LogP contribution is 2.24. The van der Waals surface area contributed by atoms with Gasteiger partial charge >= 0.3 is 0 Å². The lowest BCUT2D eigenvalue weighted by molar-refractivity contribution is 0.108. The maximum absolute atomic E-state index is 5.96. The Kier molecular flexibility index (Phi) is 4.37. The lowest BCUT2D eigenvalue weighted by atomic mass is 10.0. The molecule has 0 spiro atoms. The van der Waals surface area contributed by atoms with Crippen LogP contribution >= 0.6 is 0 Å². The van der Waals surface area contributed by atoms with Gasteiger partial charge in [0.2, 0.25) is 0 Å². The van der Waals surface area contributed by atoms with Crippen LogP contribution in [0.3, 0.4) is 0 Å². The SMILES string of the molecule is CN(C)C1CCN(C(CN)c2cncn2C)CC1. The highest BCUT2D eigenvalue weighted by atomic mass is 15.2. The number of rotatable bonds is 4. The number of nitrogens with zero attached hydrogens (tertiary/aromatic N) is 4. The lowest BCUT2D eigenvalue weighted by Crippen LogP contribution is -2.45. The minimum atomic E-state index is 0.306. The Hall–Kier alpha value is -0.910. The van der Waals surface area contributed by atoms with E-state index in [1.807, 2.05) is 19.6 Å². The number of aromatic nitrogens is 2. The molecule has 1 aromatic rings. The third-order valence-corrected chi connectivity index (χ3v) is 4.09. The van der Waals surface area contributed by atoms with E-state index in [1.165, 1.54) is 18.5 Å². The van der Waals surface area contributed by atoms with Crippen molar-refractivity contribution in [2.45, 2.75) is 24.9 Å². The molecule has 18 heavy (non-hydrogen) atoms. The summed E-state index contributed by atoms with van der Waals surface area (Å²) in [6.07, 6.45) is 6.24. The first kappa shape index (κ1) is 13.5. The van der Waals surface area contributed by atoms with Crippen molar-refractivity contribution in [3.8, 4) is 0 Å². The van der Waals surface area contributed by atoms with Gasteiger partial charge in [0.1, 0.15) is 0 Å². The van der Waals surface area contributed by atoms with Crippen molar-refractivity contribution < 1.29 is 0 Å². The molecule has 5 heteroatoms. The van der Waals surface area contributed by atoms with Crippen LogP contribution in [0, 0.1) is 0 Å². The van der Waals surface area contributed by atoms with Gasteiger partial charge in [-0.15, -0.1) is 0 Å². The Labute approximate surface area is 110 Å². The van der Waals surface area contributed by atoms with E-state index in [0.717, 1.165) is 13.1 Å². The summed E-state index contributed by atoms with van der Waals surface area (Å²) in [6.45, 7) is 2.90. The molecule has 0 aromatic carbocycles. The Morgan fingerprint density at radius 1 is 1.44 bits per heavy atom. The fourth-order valence-corrected chi connectivity index (χ4v) is 2.86. The van der Waals surface area contributed by atoms with E-state index in [0.29, 0.717) is 18.6 Å². The maximum atomic E-state index is 5.96. The molecular formula is C13H25N5. The molecule has 0 saturated carbocycles. The van der Waals surface area contributed by atoms with E-state index in [4.69, 9.17) is 5.73 Å². The molecule has 5 nitrogen and oxygen atoms in total. The van der Waals surface area contributed by atoms with Crippen LogP contribution in [0.4, 0.5) is 0 Å². The molecule has 0 radical (unpaired) electrons. The summed E-state index contributed by atoms with van der Waals surface area (Å²) in [6, 6.07) is 1.02. The Morgan fingerprint density at radius 2 is 2.11 bits per heavy atom. The number of hydrogen-bond acceptors (Lipinski definition) is 4. The summed E-state index contributed by atoms with van der Waals surface area (Å²) in [5.74, 6) is 0. The number of aryl methyl sites for hydroxylation is 1. The lowest BCUT2D eigenvalue weighted by Gasteiger charge is -2.39. The van der Waals surface area contributed by atoms with Crippen LogP contribution in [0.2, 0.25) is 0 Å². The standard InChI is InChI=1S/C13H25N5/c1-16(2)11-4-6-18(7-5-11)12(8-14)13-9-15-10-17(13)3/h9-12H,4-8,14H2,1-3H3. The van der Waals surface area contributed by atoms with Crippen LogP contribution in [0.15, 0.2) is 12.5 Å². The highest BCUT2D eigenvalue weighted by Gasteiger charge is 2.27. The quantitative estimate of drug-likeness (QED) is 0.844. The van der Waals surface area contributed by atoms with Crippen LogP contribution < -0.4 is 5.73 Å². The van der Waals surface area contributed by atoms with Crippen LogP contribution in [0.5, 0.6) is 0 Å². The van der Waals surface area contributed by atoms with Crippen molar-refractivity contribution in [1.29, 1.82) is 0 Å². The van der Waals surface area contributed by atoms with Gasteiger partial charge in [-0.2, -0.15) is 0 Å². The fraction of sp³-hybridized carbons (Fsp3) is 0.769. The third-order valence-electron chi connectivity index (χ3n) is 4.09. The van der Waals surface area contributed by atoms with Gasteiger partial charge in [0.15, 0.2) is 0 Å². The molecule has 102 valence electrons. The fourth-order valence-electron chi connectivity index (χ4n) is 2.86. The monoisotopic (exact) mass is 251 g/mol. The van der Waals surface area contributed by atoms with Crippen molar-refractivity contribution >= 4 is 0 Å². The molecule has 1 aromatic heterocycles. The first-order valence-corrected chi connectivity index (χ1v) is 6.70. The average Bonchev–Trinajstić information content (AvgIpc) is 2.78. The molecule has 1 aliphatic heterocycles. The second kappa shape index (κ2) is 5.82. The molecule has 0 aliphatic carbocycles. The summed E-state index contributed by atoms with van der Waals surface area (Å²) in [7, 11) is 6.38. The van der Waals surface area contributed by atoms with Crippen molar-refractivity contribution in [2.24, 2.45) is 12.8 Å². The van der Waals surface area contributed by atoms with E-state index in [-0.39, 0.29) is 0 Å². The number of likely N-dealkylation sites (tertiary alicyclic amines) is 1. The predicted octanol–water partition coefficient (Wildman–Crippen LogP) is 0.446. The second-order valence-corrected chi connectivity index (χ2v) is 5.41. The summed E-state index contributed by atoms with van der Waals surface area (Å²) in [4.78, 5) is 9.03. The molecule has 1 unspecified atom stereocenters. The molecule has 1 fully saturated rings. The number of piperidine rings is 1. The largest absolute Gasteiger partial charge is 0.336 e. The zero-order valence-corrected chi connectivity index (χ0v) is 11.7. The van der Waals surface area contributed by atoms with Crippen molar-refractivity contribution in [1.82, 2.24) is 19.4 Å². The minimum Gasteiger partial charge on any atom is -0.336 e. The molecule has 2 heterocycles. The van der Waals surface area contributed by atoms with E-state index < -0.39 is 0 Å². The van der Waals surface area contributed by atoms with Gasteiger partial charge < -0.3 is 15.2 Å². The van der Waals surface area contributed by atoms with E-state index in [9.17, 15) is 0 Å². The zero-order chi connectivity index (χ0) is 13.1. The van der Waals surface area contributed by atoms with Crippen LogP contribution in [-0.4, -0.2) is 59.1 Å². The van der Waals surface area contributed by atoms with Crippen molar-refractivity contribution in [3.63, 3.8) is 0 Å². The van der Waals surface area contributed by atoms with Gasteiger partial charge in [0, 0.05) is 38.9 Å². The van der Waals surface area contributed by atoms with Crippen LogP contribution in [0.1, 0.15) is 24.6 Å². The highest BCUT2D eigenvalue weighted by molar-refractivity contribution is 5.06. The van der Waals surface area contributed by atoms with Crippen molar-refractivity contribution in [2.75, 3.05) is 33.7 Å². The normalized spacial score (nSPS) is 20.5. The zero-order valence-electron chi connectivity index (χ0n) is 11.7. The van der Waals surface area contributed by atoms with Gasteiger partial charge in [0.05, 0.1) is 18.1 Å². The van der Waals surface area contributed by atoms with Crippen molar-refractivity contribution in [3.05, 3.63) is 18.2 Å². The van der Waals surface area contributed by atoms with Crippen LogP contribution in [-0.2, 0) is 7.05 Å².